The summed E-state index contributed by atoms with van der Waals surface area (Å²) in [4.78, 5) is 4.32. The Morgan fingerprint density at radius 1 is 1.23 bits per heavy atom. The molecule has 1 atom stereocenters. The average Bonchev–Trinajstić information content (AvgIpc) is 3.41. The average molecular weight is 475 g/mol. The van der Waals surface area contributed by atoms with Crippen LogP contribution in [0.25, 0.3) is 0 Å². The van der Waals surface area contributed by atoms with Crippen molar-refractivity contribution in [3.05, 3.63) is 35.9 Å². The number of aliphatic imine (C=N–C) groups is 1. The summed E-state index contributed by atoms with van der Waals surface area (Å²) in [6.07, 6.45) is 3.69. The van der Waals surface area contributed by atoms with Gasteiger partial charge < -0.3 is 20.1 Å². The molecule has 1 aromatic carbocycles. The summed E-state index contributed by atoms with van der Waals surface area (Å²) in [6.45, 7) is 6.24. The molecule has 0 amide bonds. The van der Waals surface area contributed by atoms with Crippen LogP contribution in [0.15, 0.2) is 35.3 Å². The fraction of sp³-hybridized carbons (Fsp3) is 0.650. The fourth-order valence-corrected chi connectivity index (χ4v) is 2.78. The Hall–Kier alpha value is -0.860. The molecule has 2 N–H and O–H groups in total. The molecule has 1 aliphatic rings. The van der Waals surface area contributed by atoms with Crippen molar-refractivity contribution in [3.8, 4) is 0 Å². The highest BCUT2D eigenvalue weighted by atomic mass is 127. The first-order valence-electron chi connectivity index (χ1n) is 9.22. The van der Waals surface area contributed by atoms with Gasteiger partial charge in [0.2, 0.25) is 0 Å². The summed E-state index contributed by atoms with van der Waals surface area (Å²) < 4.78 is 11.0. The Kier molecular flexibility index (Phi) is 11.2. The molecule has 1 unspecified atom stereocenters. The Labute approximate surface area is 175 Å². The lowest BCUT2D eigenvalue weighted by Gasteiger charge is -2.20. The summed E-state index contributed by atoms with van der Waals surface area (Å²) in [7, 11) is 3.59. The maximum Gasteiger partial charge on any atom is 0.191 e. The molecule has 1 aliphatic carbocycles. The Bertz CT molecular complexity index is 521. The topological polar surface area (TPSA) is 54.9 Å². The highest BCUT2D eigenvalue weighted by molar-refractivity contribution is 14.0. The normalized spacial score (nSPS) is 16.5. The number of hydrogen-bond acceptors (Lipinski definition) is 3. The van der Waals surface area contributed by atoms with Gasteiger partial charge in [0.05, 0.1) is 13.2 Å². The highest BCUT2D eigenvalue weighted by Crippen LogP contribution is 2.48. The summed E-state index contributed by atoms with van der Waals surface area (Å²) in [5, 5.41) is 6.86. The molecule has 1 fully saturated rings. The lowest BCUT2D eigenvalue weighted by molar-refractivity contribution is 0.0931. The molecule has 0 aromatic heterocycles. The highest BCUT2D eigenvalue weighted by Gasteiger charge is 2.41. The zero-order valence-electron chi connectivity index (χ0n) is 16.3. The molecule has 0 aliphatic heterocycles. The van der Waals surface area contributed by atoms with Crippen LogP contribution in [0.3, 0.4) is 0 Å². The minimum Gasteiger partial charge on any atom is -0.385 e. The first-order valence-corrected chi connectivity index (χ1v) is 9.22. The van der Waals surface area contributed by atoms with Crippen molar-refractivity contribution in [1.82, 2.24) is 10.6 Å². The first kappa shape index (κ1) is 23.2. The zero-order valence-corrected chi connectivity index (χ0v) is 18.6. The van der Waals surface area contributed by atoms with E-state index >= 15 is 0 Å². The van der Waals surface area contributed by atoms with Crippen molar-refractivity contribution in [2.75, 3.05) is 40.5 Å². The van der Waals surface area contributed by atoms with Crippen molar-refractivity contribution in [1.29, 1.82) is 0 Å². The van der Waals surface area contributed by atoms with Gasteiger partial charge in [-0.25, -0.2) is 0 Å². The van der Waals surface area contributed by atoms with Gasteiger partial charge >= 0.3 is 0 Å². The van der Waals surface area contributed by atoms with E-state index < -0.39 is 0 Å². The SMILES string of the molecule is CN=C(NCC(C)COCc1ccccc1)NCC1(CCOC)CC1.I. The van der Waals surface area contributed by atoms with Crippen LogP contribution in [0.2, 0.25) is 0 Å². The molecular formula is C20H34IN3O2. The molecule has 0 bridgehead atoms. The van der Waals surface area contributed by atoms with E-state index in [9.17, 15) is 0 Å². The van der Waals surface area contributed by atoms with Crippen molar-refractivity contribution in [2.24, 2.45) is 16.3 Å². The maximum atomic E-state index is 5.80. The smallest absolute Gasteiger partial charge is 0.191 e. The molecule has 2 rings (SSSR count). The number of ether oxygens (including phenoxy) is 2. The second-order valence-electron chi connectivity index (χ2n) is 7.16. The molecule has 0 heterocycles. The predicted molar refractivity (Wildman–Crippen MR) is 118 cm³/mol. The summed E-state index contributed by atoms with van der Waals surface area (Å²) >= 11 is 0. The van der Waals surface area contributed by atoms with E-state index in [1.54, 1.807) is 7.11 Å². The van der Waals surface area contributed by atoms with Gasteiger partial charge in [0.15, 0.2) is 5.96 Å². The van der Waals surface area contributed by atoms with Crippen LogP contribution in [0.4, 0.5) is 0 Å². The minimum absolute atomic E-state index is 0. The van der Waals surface area contributed by atoms with Crippen molar-refractivity contribution < 1.29 is 9.47 Å². The van der Waals surface area contributed by atoms with Crippen molar-refractivity contribution in [3.63, 3.8) is 0 Å². The summed E-state index contributed by atoms with van der Waals surface area (Å²) in [5.41, 5.74) is 1.63. The molecule has 0 saturated heterocycles. The lowest BCUT2D eigenvalue weighted by Crippen LogP contribution is -2.42. The number of methoxy groups -OCH3 is 1. The van der Waals surface area contributed by atoms with Crippen LogP contribution >= 0.6 is 24.0 Å². The van der Waals surface area contributed by atoms with Crippen LogP contribution < -0.4 is 10.6 Å². The van der Waals surface area contributed by atoms with Crippen molar-refractivity contribution in [2.45, 2.75) is 32.8 Å². The number of rotatable bonds is 11. The monoisotopic (exact) mass is 475 g/mol. The molecule has 5 nitrogen and oxygen atoms in total. The van der Waals surface area contributed by atoms with Gasteiger partial charge in [0.25, 0.3) is 0 Å². The molecule has 0 spiro atoms. The van der Waals surface area contributed by atoms with E-state index in [4.69, 9.17) is 9.47 Å². The third-order valence-corrected chi connectivity index (χ3v) is 4.78. The zero-order chi connectivity index (χ0) is 18.0. The van der Waals surface area contributed by atoms with Gasteiger partial charge in [-0.1, -0.05) is 37.3 Å². The molecule has 6 heteroatoms. The number of hydrogen-bond donors (Lipinski definition) is 2. The largest absolute Gasteiger partial charge is 0.385 e. The van der Waals surface area contributed by atoms with E-state index in [1.165, 1.54) is 18.4 Å². The molecule has 1 saturated carbocycles. The molecule has 0 radical (unpaired) electrons. The third kappa shape index (κ3) is 8.68. The number of halogens is 1. The quantitative estimate of drug-likeness (QED) is 0.293. The van der Waals surface area contributed by atoms with Crippen molar-refractivity contribution >= 4 is 29.9 Å². The fourth-order valence-electron chi connectivity index (χ4n) is 2.78. The first-order chi connectivity index (χ1) is 12.2. The van der Waals surface area contributed by atoms with Gasteiger partial charge in [-0.05, 0) is 36.2 Å². The van der Waals surface area contributed by atoms with Gasteiger partial charge in [-0.2, -0.15) is 0 Å². The molecule has 26 heavy (non-hydrogen) atoms. The number of benzene rings is 1. The second-order valence-corrected chi connectivity index (χ2v) is 7.16. The van der Waals surface area contributed by atoms with E-state index in [0.717, 1.165) is 38.7 Å². The Morgan fingerprint density at radius 3 is 2.58 bits per heavy atom. The summed E-state index contributed by atoms with van der Waals surface area (Å²) in [6, 6.07) is 10.3. The lowest BCUT2D eigenvalue weighted by atomic mass is 10.0. The molecule has 1 aromatic rings. The number of nitrogens with zero attached hydrogens (tertiary/aromatic N) is 1. The van der Waals surface area contributed by atoms with Gasteiger partial charge in [-0.3, -0.25) is 4.99 Å². The standard InChI is InChI=1S/C20H33N3O2.HI/c1-17(14-25-15-18-7-5-4-6-8-18)13-22-19(21-2)23-16-20(9-10-20)11-12-24-3;/h4-8,17H,9-16H2,1-3H3,(H2,21,22,23);1H. The van der Waals surface area contributed by atoms with E-state index in [0.29, 0.717) is 17.9 Å². The summed E-state index contributed by atoms with van der Waals surface area (Å²) in [5.74, 6) is 1.30. The molecule has 148 valence electrons. The maximum absolute atomic E-state index is 5.80. The Morgan fingerprint density at radius 2 is 1.96 bits per heavy atom. The minimum atomic E-state index is 0. The van der Waals surface area contributed by atoms with Crippen LogP contribution in [-0.4, -0.2) is 46.4 Å². The van der Waals surface area contributed by atoms with E-state index in [-0.39, 0.29) is 24.0 Å². The third-order valence-electron chi connectivity index (χ3n) is 4.78. The van der Waals surface area contributed by atoms with E-state index in [1.807, 2.05) is 25.2 Å². The number of nitrogens with one attached hydrogen (secondary N) is 2. The van der Waals surface area contributed by atoms with Crippen LogP contribution in [0, 0.1) is 11.3 Å². The van der Waals surface area contributed by atoms with Gasteiger partial charge in [0, 0.05) is 33.9 Å². The van der Waals surface area contributed by atoms with E-state index in [2.05, 4.69) is 34.7 Å². The van der Waals surface area contributed by atoms with Crippen LogP contribution in [0.5, 0.6) is 0 Å². The van der Waals surface area contributed by atoms with Gasteiger partial charge in [-0.15, -0.1) is 24.0 Å². The van der Waals surface area contributed by atoms with Crippen LogP contribution in [-0.2, 0) is 16.1 Å². The second kappa shape index (κ2) is 12.5. The number of guanidine groups is 1. The van der Waals surface area contributed by atoms with Gasteiger partial charge in [0.1, 0.15) is 0 Å². The molecular weight excluding hydrogens is 441 g/mol. The Balaban J connectivity index is 0.00000338. The predicted octanol–water partition coefficient (Wildman–Crippen LogP) is 3.44. The van der Waals surface area contributed by atoms with Crippen LogP contribution in [0.1, 0.15) is 31.7 Å².